The normalized spacial score (nSPS) is 10.5. The Morgan fingerprint density at radius 2 is 1.57 bits per heavy atom. The maximum absolute atomic E-state index is 12.1. The lowest BCUT2D eigenvalue weighted by Crippen LogP contribution is -2.05. The van der Waals surface area contributed by atoms with Gasteiger partial charge < -0.3 is 0 Å². The van der Waals surface area contributed by atoms with E-state index < -0.39 is 11.7 Å². The van der Waals surface area contributed by atoms with Gasteiger partial charge in [-0.1, -0.05) is 37.0 Å². The van der Waals surface area contributed by atoms with Crippen molar-refractivity contribution in [2.75, 3.05) is 0 Å². The van der Waals surface area contributed by atoms with Gasteiger partial charge in [0.1, 0.15) is 0 Å². The van der Waals surface area contributed by atoms with Gasteiger partial charge in [0.05, 0.1) is 10.6 Å². The van der Waals surface area contributed by atoms with Crippen molar-refractivity contribution in [3.63, 3.8) is 0 Å². The molecular weight excluding hydrogens is 236 g/mol. The summed E-state index contributed by atoms with van der Waals surface area (Å²) < 4.78 is 36.3. The molecule has 0 bridgehead atoms. The third-order valence-electron chi connectivity index (χ3n) is 1.23. The van der Waals surface area contributed by atoms with Gasteiger partial charge in [-0.25, -0.2) is 0 Å². The van der Waals surface area contributed by atoms with Crippen LogP contribution in [-0.2, 0) is 6.18 Å². The first kappa shape index (κ1) is 13.6. The monoisotopic (exact) mass is 244 g/mol. The number of hydrogen-bond donors (Lipinski definition) is 0. The maximum atomic E-state index is 12.1. The predicted molar refractivity (Wildman–Crippen MR) is 52.8 cm³/mol. The van der Waals surface area contributed by atoms with Gasteiger partial charge in [-0.2, -0.15) is 13.2 Å². The fourth-order valence-corrected chi connectivity index (χ4v) is 1.11. The lowest BCUT2D eigenvalue weighted by atomic mass is 10.2. The van der Waals surface area contributed by atoms with Gasteiger partial charge in [0.15, 0.2) is 0 Å². The first-order valence-electron chi connectivity index (χ1n) is 3.93. The number of hydrogen-bond acceptors (Lipinski definition) is 0. The van der Waals surface area contributed by atoms with Crippen molar-refractivity contribution < 1.29 is 13.2 Å². The molecule has 0 amide bonds. The number of alkyl halides is 3. The van der Waals surface area contributed by atoms with Crippen LogP contribution in [0.4, 0.5) is 13.2 Å². The van der Waals surface area contributed by atoms with Crippen molar-refractivity contribution in [2.24, 2.45) is 0 Å². The van der Waals surface area contributed by atoms with Crippen LogP contribution in [0.15, 0.2) is 18.2 Å². The highest BCUT2D eigenvalue weighted by Gasteiger charge is 2.33. The molecule has 1 aromatic carbocycles. The van der Waals surface area contributed by atoms with Crippen LogP contribution in [0, 0.1) is 0 Å². The molecule has 0 saturated carbocycles. The number of halogens is 5. The Bertz CT molecular complexity index is 295. The minimum atomic E-state index is -4.44. The van der Waals surface area contributed by atoms with Crippen LogP contribution in [0.3, 0.4) is 0 Å². The van der Waals surface area contributed by atoms with Crippen molar-refractivity contribution in [1.29, 1.82) is 0 Å². The van der Waals surface area contributed by atoms with Gasteiger partial charge >= 0.3 is 6.18 Å². The number of benzene rings is 1. The predicted octanol–water partition coefficient (Wildman–Crippen LogP) is 5.04. The van der Waals surface area contributed by atoms with Gasteiger partial charge in [0.2, 0.25) is 0 Å². The van der Waals surface area contributed by atoms with Gasteiger partial charge in [-0.3, -0.25) is 0 Å². The van der Waals surface area contributed by atoms with E-state index in [0.29, 0.717) is 0 Å². The summed E-state index contributed by atoms with van der Waals surface area (Å²) in [5.74, 6) is 0. The van der Waals surface area contributed by atoms with E-state index in [4.69, 9.17) is 23.2 Å². The number of rotatable bonds is 0. The largest absolute Gasteiger partial charge is 0.417 e. The summed E-state index contributed by atoms with van der Waals surface area (Å²) >= 11 is 10.7. The molecule has 0 aliphatic carbocycles. The minimum Gasteiger partial charge on any atom is -0.166 e. The lowest BCUT2D eigenvalue weighted by Gasteiger charge is -2.08. The highest BCUT2D eigenvalue weighted by molar-refractivity contribution is 6.33. The van der Waals surface area contributed by atoms with Crippen LogP contribution in [-0.4, -0.2) is 0 Å². The molecule has 0 unspecified atom stereocenters. The van der Waals surface area contributed by atoms with Crippen molar-refractivity contribution in [3.05, 3.63) is 33.8 Å². The Morgan fingerprint density at radius 1 is 1.07 bits per heavy atom. The summed E-state index contributed by atoms with van der Waals surface area (Å²) in [7, 11) is 0. The highest BCUT2D eigenvalue weighted by Crippen LogP contribution is 2.35. The highest BCUT2D eigenvalue weighted by atomic mass is 35.5. The molecule has 0 atom stereocenters. The Balaban J connectivity index is 0.000000791. The van der Waals surface area contributed by atoms with E-state index in [1.54, 1.807) is 0 Å². The lowest BCUT2D eigenvalue weighted by molar-refractivity contribution is -0.137. The Morgan fingerprint density at radius 3 is 1.93 bits per heavy atom. The zero-order chi connectivity index (χ0) is 11.4. The van der Waals surface area contributed by atoms with Crippen molar-refractivity contribution >= 4 is 23.2 Å². The van der Waals surface area contributed by atoms with E-state index in [-0.39, 0.29) is 10.0 Å². The SMILES string of the molecule is CC.FC(F)(F)c1cc(Cl)ccc1Cl. The summed E-state index contributed by atoms with van der Waals surface area (Å²) in [6.07, 6.45) is -4.44. The van der Waals surface area contributed by atoms with Crippen LogP contribution >= 0.6 is 23.2 Å². The topological polar surface area (TPSA) is 0 Å². The smallest absolute Gasteiger partial charge is 0.166 e. The molecule has 14 heavy (non-hydrogen) atoms. The molecule has 1 rings (SSSR count). The quantitative estimate of drug-likeness (QED) is 0.600. The minimum absolute atomic E-state index is 0.0201. The molecule has 0 aliphatic heterocycles. The molecule has 0 saturated heterocycles. The molecule has 0 aliphatic rings. The first-order valence-corrected chi connectivity index (χ1v) is 4.69. The Kier molecular flexibility index (Phi) is 5.31. The van der Waals surface area contributed by atoms with Gasteiger partial charge in [0, 0.05) is 5.02 Å². The van der Waals surface area contributed by atoms with E-state index in [2.05, 4.69) is 0 Å². The molecule has 0 aromatic heterocycles. The van der Waals surface area contributed by atoms with Crippen LogP contribution in [0.2, 0.25) is 10.0 Å². The van der Waals surface area contributed by atoms with E-state index in [0.717, 1.165) is 12.1 Å². The van der Waals surface area contributed by atoms with Crippen LogP contribution < -0.4 is 0 Å². The average molecular weight is 245 g/mol. The third-order valence-corrected chi connectivity index (χ3v) is 1.80. The Hall–Kier alpha value is -0.410. The van der Waals surface area contributed by atoms with Crippen molar-refractivity contribution in [3.8, 4) is 0 Å². The van der Waals surface area contributed by atoms with Crippen LogP contribution in [0.5, 0.6) is 0 Å². The molecule has 1 aromatic rings. The van der Waals surface area contributed by atoms with E-state index in [9.17, 15) is 13.2 Å². The fraction of sp³-hybridized carbons (Fsp3) is 0.333. The second kappa shape index (κ2) is 5.47. The molecule has 0 radical (unpaired) electrons. The van der Waals surface area contributed by atoms with Crippen molar-refractivity contribution in [2.45, 2.75) is 20.0 Å². The molecule has 0 heterocycles. The summed E-state index contributed by atoms with van der Waals surface area (Å²) in [4.78, 5) is 0. The molecule has 0 fully saturated rings. The second-order valence-electron chi connectivity index (χ2n) is 2.12. The van der Waals surface area contributed by atoms with Crippen molar-refractivity contribution in [1.82, 2.24) is 0 Å². The standard InChI is InChI=1S/C7H3Cl2F3.C2H6/c8-4-1-2-6(9)5(3-4)7(10,11)12;1-2/h1-3H;1-2H3. The second-order valence-corrected chi connectivity index (χ2v) is 2.97. The molecule has 5 heteroatoms. The van der Waals surface area contributed by atoms with Crippen LogP contribution in [0.1, 0.15) is 19.4 Å². The summed E-state index contributed by atoms with van der Waals surface area (Å²) in [6, 6.07) is 3.22. The van der Waals surface area contributed by atoms with E-state index >= 15 is 0 Å². The zero-order valence-corrected chi connectivity index (χ0v) is 9.13. The van der Waals surface area contributed by atoms with Gasteiger partial charge in [-0.15, -0.1) is 0 Å². The Labute approximate surface area is 90.6 Å². The summed E-state index contributed by atoms with van der Waals surface area (Å²) in [5.41, 5.74) is -0.906. The van der Waals surface area contributed by atoms with E-state index in [1.807, 2.05) is 13.8 Å². The summed E-state index contributed by atoms with van der Waals surface area (Å²) in [5, 5.41) is -0.321. The molecular formula is C9H9Cl2F3. The fourth-order valence-electron chi connectivity index (χ4n) is 0.715. The van der Waals surface area contributed by atoms with Crippen LogP contribution in [0.25, 0.3) is 0 Å². The van der Waals surface area contributed by atoms with Gasteiger partial charge in [-0.05, 0) is 18.2 Å². The molecule has 80 valence electrons. The molecule has 0 nitrogen and oxygen atoms in total. The van der Waals surface area contributed by atoms with Gasteiger partial charge in [0.25, 0.3) is 0 Å². The maximum Gasteiger partial charge on any atom is 0.417 e. The van der Waals surface area contributed by atoms with E-state index in [1.165, 1.54) is 6.07 Å². The first-order chi connectivity index (χ1) is 6.41. The average Bonchev–Trinajstić information content (AvgIpc) is 2.11. The summed E-state index contributed by atoms with van der Waals surface area (Å²) in [6.45, 7) is 4.00. The third kappa shape index (κ3) is 3.76. The molecule has 0 N–H and O–H groups in total. The molecule has 0 spiro atoms. The zero-order valence-electron chi connectivity index (χ0n) is 7.62.